The normalized spacial score (nSPS) is 17.8. The zero-order valence-electron chi connectivity index (χ0n) is 15.5. The number of fused-ring (bicyclic) bond motifs is 2. The van der Waals surface area contributed by atoms with E-state index in [-0.39, 0.29) is 11.8 Å². The number of hydrogen-bond acceptors (Lipinski definition) is 5. The number of benzene rings is 2. The average Bonchev–Trinajstić information content (AvgIpc) is 3.17. The standard InChI is InChI=1S/C21H20N4O3/c1-2-19-23-21(15-12-20(26)22-16-6-4-3-5-14(15)16)25(24-19)13-7-8-17-18(11-13)28-10-9-27-17/h3-8,11,15H,2,9-10,12H2,1H3,(H,22,26). The number of nitrogens with zero attached hydrogens (tertiary/aromatic N) is 3. The minimum atomic E-state index is -0.161. The van der Waals surface area contributed by atoms with E-state index in [1.54, 1.807) is 0 Å². The molecule has 0 radical (unpaired) electrons. The van der Waals surface area contributed by atoms with Crippen molar-refractivity contribution in [3.8, 4) is 17.2 Å². The Morgan fingerprint density at radius 1 is 1.14 bits per heavy atom. The Morgan fingerprint density at radius 2 is 1.96 bits per heavy atom. The molecule has 1 N–H and O–H groups in total. The number of carbonyl (C=O) groups excluding carboxylic acids is 1. The molecule has 142 valence electrons. The van der Waals surface area contributed by atoms with E-state index in [1.807, 2.05) is 54.1 Å². The zero-order valence-corrected chi connectivity index (χ0v) is 15.5. The molecule has 0 saturated carbocycles. The third-order valence-electron chi connectivity index (χ3n) is 5.07. The van der Waals surface area contributed by atoms with E-state index in [0.717, 1.165) is 34.3 Å². The number of nitrogens with one attached hydrogen (secondary N) is 1. The second kappa shape index (κ2) is 6.67. The number of aryl methyl sites for hydroxylation is 1. The van der Waals surface area contributed by atoms with Gasteiger partial charge in [-0.1, -0.05) is 25.1 Å². The molecule has 0 spiro atoms. The van der Waals surface area contributed by atoms with Crippen LogP contribution in [0.15, 0.2) is 42.5 Å². The summed E-state index contributed by atoms with van der Waals surface area (Å²) in [5, 5.41) is 7.65. The topological polar surface area (TPSA) is 78.3 Å². The Balaban J connectivity index is 1.64. The van der Waals surface area contributed by atoms with Crippen molar-refractivity contribution in [3.05, 3.63) is 59.7 Å². The molecule has 1 aromatic heterocycles. The van der Waals surface area contributed by atoms with E-state index in [1.165, 1.54) is 0 Å². The lowest BCUT2D eigenvalue weighted by Gasteiger charge is -2.25. The van der Waals surface area contributed by atoms with Crippen LogP contribution < -0.4 is 14.8 Å². The van der Waals surface area contributed by atoms with E-state index in [2.05, 4.69) is 5.32 Å². The Hall–Kier alpha value is -3.35. The zero-order chi connectivity index (χ0) is 19.1. The van der Waals surface area contributed by atoms with Crippen molar-refractivity contribution in [2.45, 2.75) is 25.7 Å². The maximum Gasteiger partial charge on any atom is 0.225 e. The molecule has 3 aromatic rings. The third kappa shape index (κ3) is 2.79. The first kappa shape index (κ1) is 16.8. The second-order valence-corrected chi connectivity index (χ2v) is 6.87. The van der Waals surface area contributed by atoms with Crippen molar-refractivity contribution in [2.24, 2.45) is 0 Å². The summed E-state index contributed by atoms with van der Waals surface area (Å²) in [6.45, 7) is 3.10. The van der Waals surface area contributed by atoms with Crippen molar-refractivity contribution in [1.29, 1.82) is 0 Å². The Morgan fingerprint density at radius 3 is 2.82 bits per heavy atom. The number of carbonyl (C=O) groups is 1. The lowest BCUT2D eigenvalue weighted by Crippen LogP contribution is -2.25. The molecule has 0 saturated heterocycles. The van der Waals surface area contributed by atoms with Gasteiger partial charge >= 0.3 is 0 Å². The summed E-state index contributed by atoms with van der Waals surface area (Å²) < 4.78 is 13.2. The lowest BCUT2D eigenvalue weighted by molar-refractivity contribution is -0.116. The summed E-state index contributed by atoms with van der Waals surface area (Å²) in [5.41, 5.74) is 2.73. The lowest BCUT2D eigenvalue weighted by atomic mass is 9.90. The molecule has 1 amide bonds. The third-order valence-corrected chi connectivity index (χ3v) is 5.07. The number of aromatic nitrogens is 3. The van der Waals surface area contributed by atoms with Gasteiger partial charge in [0.1, 0.15) is 19.0 Å². The Bertz CT molecular complexity index is 1060. The van der Waals surface area contributed by atoms with Gasteiger partial charge in [0, 0.05) is 24.6 Å². The molecule has 7 nitrogen and oxygen atoms in total. The van der Waals surface area contributed by atoms with Crippen LogP contribution in [0.2, 0.25) is 0 Å². The van der Waals surface area contributed by atoms with Crippen LogP contribution in [0.1, 0.15) is 36.5 Å². The molecule has 0 fully saturated rings. The molecule has 2 aliphatic heterocycles. The quantitative estimate of drug-likeness (QED) is 0.760. The summed E-state index contributed by atoms with van der Waals surface area (Å²) in [7, 11) is 0. The van der Waals surface area contributed by atoms with Gasteiger partial charge < -0.3 is 14.8 Å². The number of para-hydroxylation sites is 1. The van der Waals surface area contributed by atoms with Gasteiger partial charge in [-0.15, -0.1) is 0 Å². The first-order valence-corrected chi connectivity index (χ1v) is 9.47. The first-order chi connectivity index (χ1) is 13.7. The minimum absolute atomic E-state index is 0.0153. The van der Waals surface area contributed by atoms with Crippen molar-refractivity contribution < 1.29 is 14.3 Å². The highest BCUT2D eigenvalue weighted by molar-refractivity contribution is 5.95. The van der Waals surface area contributed by atoms with E-state index < -0.39 is 0 Å². The van der Waals surface area contributed by atoms with Gasteiger partial charge in [-0.05, 0) is 23.8 Å². The van der Waals surface area contributed by atoms with Crippen LogP contribution in [0.25, 0.3) is 5.69 Å². The molecule has 1 unspecified atom stereocenters. The molecule has 28 heavy (non-hydrogen) atoms. The van der Waals surface area contributed by atoms with Gasteiger partial charge in [-0.2, -0.15) is 5.10 Å². The molecule has 1 atom stereocenters. The van der Waals surface area contributed by atoms with Gasteiger partial charge in [-0.3, -0.25) is 4.79 Å². The first-order valence-electron chi connectivity index (χ1n) is 9.47. The van der Waals surface area contributed by atoms with Crippen LogP contribution in [0.5, 0.6) is 11.5 Å². The van der Waals surface area contributed by atoms with Crippen LogP contribution in [0.3, 0.4) is 0 Å². The molecule has 2 aromatic carbocycles. The van der Waals surface area contributed by atoms with Gasteiger partial charge in [0.25, 0.3) is 0 Å². The van der Waals surface area contributed by atoms with Crippen molar-refractivity contribution in [1.82, 2.24) is 14.8 Å². The fourth-order valence-electron chi connectivity index (χ4n) is 3.74. The van der Waals surface area contributed by atoms with Gasteiger partial charge in [0.2, 0.25) is 5.91 Å². The van der Waals surface area contributed by atoms with Crippen LogP contribution in [-0.4, -0.2) is 33.9 Å². The molecule has 5 rings (SSSR count). The van der Waals surface area contributed by atoms with Crippen LogP contribution in [0.4, 0.5) is 5.69 Å². The Labute approximate surface area is 162 Å². The molecule has 2 aliphatic rings. The predicted molar refractivity (Wildman–Crippen MR) is 103 cm³/mol. The van der Waals surface area contributed by atoms with Crippen LogP contribution >= 0.6 is 0 Å². The van der Waals surface area contributed by atoms with Gasteiger partial charge in [0.15, 0.2) is 17.3 Å². The Kier molecular flexibility index (Phi) is 4.00. The number of amides is 1. The highest BCUT2D eigenvalue weighted by Crippen LogP contribution is 2.38. The minimum Gasteiger partial charge on any atom is -0.486 e. The van der Waals surface area contributed by atoms with Crippen molar-refractivity contribution >= 4 is 11.6 Å². The molecule has 0 aliphatic carbocycles. The summed E-state index contributed by atoms with van der Waals surface area (Å²) in [6.07, 6.45) is 1.05. The smallest absolute Gasteiger partial charge is 0.225 e. The summed E-state index contributed by atoms with van der Waals surface area (Å²) >= 11 is 0. The number of hydrogen-bond donors (Lipinski definition) is 1. The maximum absolute atomic E-state index is 12.3. The fourth-order valence-corrected chi connectivity index (χ4v) is 3.74. The second-order valence-electron chi connectivity index (χ2n) is 6.87. The molecule has 3 heterocycles. The van der Waals surface area contributed by atoms with E-state index in [9.17, 15) is 4.79 Å². The van der Waals surface area contributed by atoms with E-state index in [0.29, 0.717) is 31.8 Å². The van der Waals surface area contributed by atoms with E-state index in [4.69, 9.17) is 19.6 Å². The van der Waals surface area contributed by atoms with Gasteiger partial charge in [0.05, 0.1) is 11.6 Å². The van der Waals surface area contributed by atoms with Crippen molar-refractivity contribution in [3.63, 3.8) is 0 Å². The van der Waals surface area contributed by atoms with Gasteiger partial charge in [-0.25, -0.2) is 9.67 Å². The summed E-state index contributed by atoms with van der Waals surface area (Å²) in [4.78, 5) is 17.1. The predicted octanol–water partition coefficient (Wildman–Crippen LogP) is 3.08. The molecular weight excluding hydrogens is 356 g/mol. The highest BCUT2D eigenvalue weighted by atomic mass is 16.6. The molecule has 0 bridgehead atoms. The average molecular weight is 376 g/mol. The number of ether oxygens (including phenoxy) is 2. The summed E-state index contributed by atoms with van der Waals surface area (Å²) in [5.74, 6) is 2.76. The number of anilines is 1. The summed E-state index contributed by atoms with van der Waals surface area (Å²) in [6, 6.07) is 13.6. The molecule has 7 heteroatoms. The SMILES string of the molecule is CCc1nc(C2CC(=O)Nc3ccccc32)n(-c2ccc3c(c2)OCCO3)n1. The van der Waals surface area contributed by atoms with Crippen molar-refractivity contribution in [2.75, 3.05) is 18.5 Å². The highest BCUT2D eigenvalue weighted by Gasteiger charge is 2.31. The van der Waals surface area contributed by atoms with Crippen LogP contribution in [0, 0.1) is 0 Å². The molecular formula is C21H20N4O3. The van der Waals surface area contributed by atoms with Crippen LogP contribution in [-0.2, 0) is 11.2 Å². The largest absolute Gasteiger partial charge is 0.486 e. The fraction of sp³-hybridized carbons (Fsp3) is 0.286. The monoisotopic (exact) mass is 376 g/mol. The van der Waals surface area contributed by atoms with E-state index >= 15 is 0 Å². The maximum atomic E-state index is 12.3. The number of rotatable bonds is 3.